The van der Waals surface area contributed by atoms with Crippen LogP contribution in [0.1, 0.15) is 65.5 Å². The quantitative estimate of drug-likeness (QED) is 0.536. The van der Waals surface area contributed by atoms with E-state index in [4.69, 9.17) is 4.74 Å². The number of Topliss-reactive ketones (excluding diaryl/α,β-unsaturated/α-hetero) is 3. The summed E-state index contributed by atoms with van der Waals surface area (Å²) in [5.74, 6) is -4.12. The predicted molar refractivity (Wildman–Crippen MR) is 130 cm³/mol. The first-order valence-corrected chi connectivity index (χ1v) is 12.2. The summed E-state index contributed by atoms with van der Waals surface area (Å²) in [5, 5.41) is 34.7. The zero-order valence-electron chi connectivity index (χ0n) is 21.2. The van der Waals surface area contributed by atoms with Crippen LogP contribution in [0, 0.1) is 22.7 Å². The zero-order chi connectivity index (χ0) is 26.1. The Labute approximate surface area is 205 Å². The van der Waals surface area contributed by atoms with Gasteiger partial charge in [-0.1, -0.05) is 46.8 Å². The Kier molecular flexibility index (Phi) is 5.79. The molecule has 3 aliphatic rings. The normalized spacial score (nSPS) is 32.4. The van der Waals surface area contributed by atoms with Crippen molar-refractivity contribution in [2.45, 2.75) is 66.4 Å². The number of aliphatic hydroxyl groups excluding tert-OH is 2. The Morgan fingerprint density at radius 3 is 2.43 bits per heavy atom. The largest absolute Gasteiger partial charge is 0.508 e. The molecule has 7 heteroatoms. The van der Waals surface area contributed by atoms with Crippen LogP contribution in [0.25, 0.3) is 5.76 Å². The Hall–Kier alpha value is -2.93. The molecular weight excluding hydrogens is 448 g/mol. The Balaban J connectivity index is 2.03. The van der Waals surface area contributed by atoms with Crippen LogP contribution in [0.2, 0.25) is 0 Å². The fraction of sp³-hybridized carbons (Fsp3) is 0.536. The zero-order valence-corrected chi connectivity index (χ0v) is 21.2. The van der Waals surface area contributed by atoms with Crippen molar-refractivity contribution in [3.05, 3.63) is 46.2 Å². The maximum atomic E-state index is 14.2. The molecule has 1 unspecified atom stereocenters. The second kappa shape index (κ2) is 8.05. The lowest BCUT2D eigenvalue weighted by molar-refractivity contribution is -0.178. The third kappa shape index (κ3) is 3.17. The minimum atomic E-state index is -2.53. The number of ether oxygens (including phenoxy) is 1. The van der Waals surface area contributed by atoms with E-state index in [1.165, 1.54) is 0 Å². The first kappa shape index (κ1) is 25.2. The summed E-state index contributed by atoms with van der Waals surface area (Å²) in [7, 11) is 0. The third-order valence-corrected chi connectivity index (χ3v) is 8.19. The number of hydrogen-bond acceptors (Lipinski definition) is 7. The molecule has 188 valence electrons. The molecule has 3 aliphatic carbocycles. The maximum absolute atomic E-state index is 14.2. The molecule has 35 heavy (non-hydrogen) atoms. The Morgan fingerprint density at radius 2 is 1.86 bits per heavy atom. The smallest absolute Gasteiger partial charge is 0.203 e. The van der Waals surface area contributed by atoms with E-state index in [2.05, 4.69) is 0 Å². The number of aliphatic hydroxyl groups is 3. The molecule has 4 rings (SSSR count). The van der Waals surface area contributed by atoms with E-state index in [0.717, 1.165) is 18.9 Å². The second-order valence-corrected chi connectivity index (χ2v) is 11.1. The van der Waals surface area contributed by atoms with Crippen molar-refractivity contribution in [2.24, 2.45) is 22.7 Å². The molecule has 0 amide bonds. The summed E-state index contributed by atoms with van der Waals surface area (Å²) >= 11 is 0. The lowest BCUT2D eigenvalue weighted by atomic mass is 9.43. The third-order valence-electron chi connectivity index (χ3n) is 8.19. The lowest BCUT2D eigenvalue weighted by Crippen LogP contribution is -2.69. The molecule has 7 nitrogen and oxygen atoms in total. The molecule has 0 saturated heterocycles. The molecule has 3 N–H and O–H groups in total. The molecule has 1 fully saturated rings. The monoisotopic (exact) mass is 482 g/mol. The van der Waals surface area contributed by atoms with Crippen molar-refractivity contribution < 1.29 is 34.4 Å². The molecule has 1 saturated carbocycles. The fourth-order valence-corrected chi connectivity index (χ4v) is 6.99. The van der Waals surface area contributed by atoms with E-state index in [9.17, 15) is 29.7 Å². The van der Waals surface area contributed by atoms with Crippen molar-refractivity contribution >= 4 is 23.1 Å². The van der Waals surface area contributed by atoms with Crippen LogP contribution in [-0.4, -0.2) is 44.9 Å². The minimum absolute atomic E-state index is 0.0103. The van der Waals surface area contributed by atoms with Gasteiger partial charge in [-0.15, -0.1) is 0 Å². The van der Waals surface area contributed by atoms with Gasteiger partial charge in [-0.3, -0.25) is 14.4 Å². The van der Waals surface area contributed by atoms with Gasteiger partial charge in [0, 0.05) is 22.3 Å². The number of carbonyl (C=O) groups is 3. The van der Waals surface area contributed by atoms with E-state index < -0.39 is 51.0 Å². The van der Waals surface area contributed by atoms with Crippen LogP contribution in [0.3, 0.4) is 0 Å². The minimum Gasteiger partial charge on any atom is -0.508 e. The molecule has 0 heterocycles. The molecule has 1 aromatic rings. The van der Waals surface area contributed by atoms with Crippen LogP contribution < -0.4 is 4.74 Å². The molecular formula is C28H34O7. The average Bonchev–Trinajstić information content (AvgIpc) is 2.74. The van der Waals surface area contributed by atoms with Crippen LogP contribution in [0.4, 0.5) is 0 Å². The number of benzene rings is 1. The molecule has 4 atom stereocenters. The summed E-state index contributed by atoms with van der Waals surface area (Å²) in [4.78, 5) is 40.1. The standard InChI is InChI=1S/C28H34O7/c1-7-11-35-17-10-8-9-16-12-26(5)13-27(6)20(14(2)3)22(30)18(15(4)29)24(32)28(27,34)25(33)21(26)23(31)19(16)17/h8-10,14,20,31-32,34H,7,11-13H2,1-6H3/t20?,26-,27-,28+/m1/s1. The van der Waals surface area contributed by atoms with Gasteiger partial charge in [-0.05, 0) is 43.7 Å². The van der Waals surface area contributed by atoms with Gasteiger partial charge in [0.1, 0.15) is 22.8 Å². The van der Waals surface area contributed by atoms with Gasteiger partial charge in [0.15, 0.2) is 17.2 Å². The van der Waals surface area contributed by atoms with E-state index in [-0.39, 0.29) is 23.7 Å². The topological polar surface area (TPSA) is 121 Å². The highest BCUT2D eigenvalue weighted by atomic mass is 16.5. The van der Waals surface area contributed by atoms with Gasteiger partial charge >= 0.3 is 0 Å². The van der Waals surface area contributed by atoms with Crippen molar-refractivity contribution in [3.8, 4) is 5.75 Å². The van der Waals surface area contributed by atoms with Crippen molar-refractivity contribution in [2.75, 3.05) is 6.61 Å². The van der Waals surface area contributed by atoms with Crippen molar-refractivity contribution in [1.82, 2.24) is 0 Å². The highest BCUT2D eigenvalue weighted by Crippen LogP contribution is 2.64. The van der Waals surface area contributed by atoms with Crippen LogP contribution in [0.15, 0.2) is 35.1 Å². The Bertz CT molecular complexity index is 1210. The van der Waals surface area contributed by atoms with E-state index >= 15 is 0 Å². The Morgan fingerprint density at radius 1 is 1.20 bits per heavy atom. The maximum Gasteiger partial charge on any atom is 0.203 e. The van der Waals surface area contributed by atoms with Gasteiger partial charge in [-0.25, -0.2) is 0 Å². The van der Waals surface area contributed by atoms with Crippen molar-refractivity contribution in [1.29, 1.82) is 0 Å². The summed E-state index contributed by atoms with van der Waals surface area (Å²) in [5.41, 5.74) is -4.19. The van der Waals surface area contributed by atoms with Crippen LogP contribution in [0.5, 0.6) is 5.75 Å². The molecule has 1 aromatic carbocycles. The number of hydrogen-bond donors (Lipinski definition) is 3. The number of fused-ring (bicyclic) bond motifs is 3. The summed E-state index contributed by atoms with van der Waals surface area (Å²) in [6.45, 7) is 10.6. The first-order valence-electron chi connectivity index (χ1n) is 12.2. The second-order valence-electron chi connectivity index (χ2n) is 11.1. The lowest BCUT2D eigenvalue weighted by Gasteiger charge is -2.59. The summed E-state index contributed by atoms with van der Waals surface area (Å²) in [6, 6.07) is 5.43. The van der Waals surface area contributed by atoms with Gasteiger partial charge < -0.3 is 20.1 Å². The summed E-state index contributed by atoms with van der Waals surface area (Å²) < 4.78 is 5.84. The number of carbonyl (C=O) groups excluding carboxylic acids is 3. The first-order chi connectivity index (χ1) is 16.3. The highest BCUT2D eigenvalue weighted by molar-refractivity contribution is 6.24. The van der Waals surface area contributed by atoms with Gasteiger partial charge in [0.25, 0.3) is 0 Å². The van der Waals surface area contributed by atoms with Gasteiger partial charge in [0.05, 0.1) is 12.2 Å². The molecule has 0 aromatic heterocycles. The number of allylic oxidation sites excluding steroid dienone is 1. The van der Waals surface area contributed by atoms with E-state index in [0.29, 0.717) is 24.3 Å². The average molecular weight is 483 g/mol. The molecule has 0 radical (unpaired) electrons. The van der Waals surface area contributed by atoms with Crippen LogP contribution >= 0.6 is 0 Å². The molecule has 0 aliphatic heterocycles. The molecule has 0 bridgehead atoms. The van der Waals surface area contributed by atoms with E-state index in [1.807, 2.05) is 26.0 Å². The number of ketones is 3. The van der Waals surface area contributed by atoms with E-state index in [1.54, 1.807) is 26.8 Å². The predicted octanol–water partition coefficient (Wildman–Crippen LogP) is 4.27. The summed E-state index contributed by atoms with van der Waals surface area (Å²) in [6.07, 6.45) is 1.28. The number of rotatable bonds is 5. The molecule has 0 spiro atoms. The SMILES string of the molecule is CCCOc1cccc2c1C(O)=C1C(=O)[C@@]3(O)C(O)=C(C(C)=O)C(=O)C(C(C)C)[C@@]3(C)C[C@@]1(C)C2. The van der Waals surface area contributed by atoms with Gasteiger partial charge in [-0.2, -0.15) is 0 Å². The highest BCUT2D eigenvalue weighted by Gasteiger charge is 2.72. The van der Waals surface area contributed by atoms with Gasteiger partial charge in [0.2, 0.25) is 5.78 Å². The van der Waals surface area contributed by atoms with Crippen molar-refractivity contribution in [3.63, 3.8) is 0 Å². The van der Waals surface area contributed by atoms with Crippen LogP contribution in [-0.2, 0) is 20.8 Å². The fourth-order valence-electron chi connectivity index (χ4n) is 6.99.